The molecule has 0 radical (unpaired) electrons. The molecule has 1 aromatic heterocycles. The van der Waals surface area contributed by atoms with Gasteiger partial charge in [-0.2, -0.15) is 0 Å². The van der Waals surface area contributed by atoms with Gasteiger partial charge < -0.3 is 9.30 Å². The van der Waals surface area contributed by atoms with Crippen molar-refractivity contribution in [2.45, 2.75) is 23.8 Å². The predicted octanol–water partition coefficient (Wildman–Crippen LogP) is 4.66. The highest BCUT2D eigenvalue weighted by Gasteiger charge is 2.48. The van der Waals surface area contributed by atoms with Crippen LogP contribution in [0.4, 0.5) is 0 Å². The number of para-hydroxylation sites is 1. The van der Waals surface area contributed by atoms with Gasteiger partial charge in [0.15, 0.2) is 0 Å². The Balaban J connectivity index is 1.91. The van der Waals surface area contributed by atoms with Gasteiger partial charge in [0.25, 0.3) is 0 Å². The first-order valence-corrected chi connectivity index (χ1v) is 9.14. The molecule has 2 aliphatic rings. The average Bonchev–Trinajstić information content (AvgIpc) is 3.08. The Morgan fingerprint density at radius 1 is 1.09 bits per heavy atom. The second-order valence-electron chi connectivity index (χ2n) is 6.67. The van der Waals surface area contributed by atoms with Gasteiger partial charge in [0, 0.05) is 34.8 Å². The number of benzene rings is 2. The molecule has 2 aliphatic heterocycles. The van der Waals surface area contributed by atoms with Crippen LogP contribution in [0.2, 0.25) is 0 Å². The number of hydrogen-bond acceptors (Lipinski definition) is 2. The zero-order valence-electron chi connectivity index (χ0n) is 13.4. The third-order valence-corrected chi connectivity index (χ3v) is 6.65. The van der Waals surface area contributed by atoms with Crippen LogP contribution in [0.3, 0.4) is 0 Å². The molecule has 1 atom stereocenters. The van der Waals surface area contributed by atoms with E-state index in [0.29, 0.717) is 0 Å². The fraction of sp³-hybridized carbons (Fsp3) is 0.300. The van der Waals surface area contributed by atoms with Crippen molar-refractivity contribution in [2.24, 2.45) is 7.05 Å². The minimum absolute atomic E-state index is 0.0160. The first kappa shape index (κ1) is 13.6. The fourth-order valence-electron chi connectivity index (χ4n) is 4.49. The second-order valence-corrected chi connectivity index (χ2v) is 7.76. The molecule has 1 unspecified atom stereocenters. The molecule has 0 fully saturated rings. The third-order valence-electron chi connectivity index (χ3n) is 5.49. The zero-order valence-corrected chi connectivity index (χ0v) is 14.2. The Morgan fingerprint density at radius 3 is 2.87 bits per heavy atom. The lowest BCUT2D eigenvalue weighted by atomic mass is 9.72. The van der Waals surface area contributed by atoms with Gasteiger partial charge in [-0.05, 0) is 31.0 Å². The number of fused-ring (bicyclic) bond motifs is 6. The number of aryl methyl sites for hydroxylation is 2. The molecule has 0 saturated heterocycles. The van der Waals surface area contributed by atoms with Crippen molar-refractivity contribution in [1.82, 2.24) is 4.57 Å². The van der Waals surface area contributed by atoms with Gasteiger partial charge in [-0.1, -0.05) is 30.3 Å². The summed E-state index contributed by atoms with van der Waals surface area (Å²) in [5, 5.41) is 2.80. The predicted molar refractivity (Wildman–Crippen MR) is 95.7 cm³/mol. The number of hydrogen-bond donors (Lipinski definition) is 0. The van der Waals surface area contributed by atoms with Crippen LogP contribution in [0.1, 0.15) is 23.1 Å². The van der Waals surface area contributed by atoms with Gasteiger partial charge in [0.2, 0.25) is 0 Å². The molecule has 0 aliphatic carbocycles. The molecule has 3 aromatic rings. The normalized spacial score (nSPS) is 22.2. The molecular formula is C20H19NOS. The maximum Gasteiger partial charge on any atom is 0.123 e. The summed E-state index contributed by atoms with van der Waals surface area (Å²) >= 11 is 1.99. The number of rotatable bonds is 0. The van der Waals surface area contributed by atoms with Crippen molar-refractivity contribution in [2.75, 3.05) is 12.4 Å². The number of nitrogens with zero attached hydrogens (tertiary/aromatic N) is 1. The van der Waals surface area contributed by atoms with Crippen LogP contribution in [0.15, 0.2) is 47.5 Å². The molecule has 2 nitrogen and oxygen atoms in total. The highest BCUT2D eigenvalue weighted by atomic mass is 32.2. The lowest BCUT2D eigenvalue weighted by Gasteiger charge is -2.34. The van der Waals surface area contributed by atoms with Gasteiger partial charge >= 0.3 is 0 Å². The van der Waals surface area contributed by atoms with E-state index in [1.165, 1.54) is 32.6 Å². The lowest BCUT2D eigenvalue weighted by molar-refractivity contribution is 0.284. The molecule has 0 saturated carbocycles. The Labute approximate surface area is 140 Å². The van der Waals surface area contributed by atoms with E-state index in [0.717, 1.165) is 24.5 Å². The average molecular weight is 321 g/mol. The van der Waals surface area contributed by atoms with E-state index in [1.54, 1.807) is 0 Å². The monoisotopic (exact) mass is 321 g/mol. The first-order chi connectivity index (χ1) is 11.2. The van der Waals surface area contributed by atoms with Crippen molar-refractivity contribution < 1.29 is 4.74 Å². The van der Waals surface area contributed by atoms with Crippen molar-refractivity contribution in [3.8, 4) is 5.75 Å². The van der Waals surface area contributed by atoms with Crippen LogP contribution in [-0.2, 0) is 12.5 Å². The third kappa shape index (κ3) is 1.61. The fourth-order valence-corrected chi connectivity index (χ4v) is 5.88. The minimum Gasteiger partial charge on any atom is -0.492 e. The Kier molecular flexibility index (Phi) is 2.70. The highest BCUT2D eigenvalue weighted by Crippen LogP contribution is 2.55. The quantitative estimate of drug-likeness (QED) is 0.598. The van der Waals surface area contributed by atoms with E-state index >= 15 is 0 Å². The van der Waals surface area contributed by atoms with Crippen LogP contribution in [0.25, 0.3) is 10.9 Å². The van der Waals surface area contributed by atoms with Gasteiger partial charge in [0.05, 0.1) is 10.4 Å². The summed E-state index contributed by atoms with van der Waals surface area (Å²) in [5.74, 6) is 2.23. The molecule has 5 rings (SSSR count). The number of ether oxygens (including phenoxy) is 1. The molecule has 3 heteroatoms. The molecule has 2 aromatic carbocycles. The van der Waals surface area contributed by atoms with E-state index in [-0.39, 0.29) is 5.41 Å². The van der Waals surface area contributed by atoms with E-state index in [2.05, 4.69) is 61.0 Å². The summed E-state index contributed by atoms with van der Waals surface area (Å²) in [6, 6.07) is 15.3. The molecule has 3 heterocycles. The smallest absolute Gasteiger partial charge is 0.123 e. The number of thioether (sulfide) groups is 1. The SMILES string of the molecule is Cc1cccc2c1C1(CCSc3c1c1ccccc1n3C)CO2. The first-order valence-electron chi connectivity index (χ1n) is 8.16. The van der Waals surface area contributed by atoms with E-state index in [9.17, 15) is 0 Å². The van der Waals surface area contributed by atoms with Gasteiger partial charge in [0.1, 0.15) is 12.4 Å². The van der Waals surface area contributed by atoms with E-state index in [1.807, 2.05) is 11.8 Å². The lowest BCUT2D eigenvalue weighted by Crippen LogP contribution is -2.34. The van der Waals surface area contributed by atoms with Crippen molar-refractivity contribution in [3.05, 3.63) is 59.2 Å². The van der Waals surface area contributed by atoms with Crippen LogP contribution in [0.5, 0.6) is 5.75 Å². The molecule has 116 valence electrons. The molecular weight excluding hydrogens is 302 g/mol. The maximum absolute atomic E-state index is 6.17. The molecule has 0 N–H and O–H groups in total. The van der Waals surface area contributed by atoms with Gasteiger partial charge in [-0.3, -0.25) is 0 Å². The van der Waals surface area contributed by atoms with Crippen LogP contribution in [-0.4, -0.2) is 16.9 Å². The maximum atomic E-state index is 6.17. The second kappa shape index (κ2) is 4.57. The van der Waals surface area contributed by atoms with E-state index in [4.69, 9.17) is 4.74 Å². The summed E-state index contributed by atoms with van der Waals surface area (Å²) in [6.45, 7) is 3.00. The van der Waals surface area contributed by atoms with Crippen LogP contribution < -0.4 is 4.74 Å². The highest BCUT2D eigenvalue weighted by molar-refractivity contribution is 7.99. The molecule has 23 heavy (non-hydrogen) atoms. The Bertz CT molecular complexity index is 942. The van der Waals surface area contributed by atoms with Crippen molar-refractivity contribution >= 4 is 22.7 Å². The van der Waals surface area contributed by atoms with E-state index < -0.39 is 0 Å². The molecule has 1 spiro atoms. The van der Waals surface area contributed by atoms with Crippen LogP contribution in [0, 0.1) is 6.92 Å². The Hall–Kier alpha value is -1.87. The van der Waals surface area contributed by atoms with Crippen molar-refractivity contribution in [1.29, 1.82) is 0 Å². The largest absolute Gasteiger partial charge is 0.492 e. The summed E-state index contributed by atoms with van der Waals surface area (Å²) in [6.07, 6.45) is 1.15. The molecule has 0 amide bonds. The summed E-state index contributed by atoms with van der Waals surface area (Å²) < 4.78 is 8.54. The van der Waals surface area contributed by atoms with Crippen molar-refractivity contribution in [3.63, 3.8) is 0 Å². The van der Waals surface area contributed by atoms with Gasteiger partial charge in [-0.25, -0.2) is 0 Å². The van der Waals surface area contributed by atoms with Gasteiger partial charge in [-0.15, -0.1) is 11.8 Å². The summed E-state index contributed by atoms with van der Waals surface area (Å²) in [7, 11) is 2.20. The minimum atomic E-state index is 0.0160. The molecule has 0 bridgehead atoms. The topological polar surface area (TPSA) is 14.2 Å². The summed E-state index contributed by atoms with van der Waals surface area (Å²) in [5.41, 5.74) is 5.60. The van der Waals surface area contributed by atoms with Crippen LogP contribution >= 0.6 is 11.8 Å². The number of aromatic nitrogens is 1. The zero-order chi connectivity index (χ0) is 15.6. The standard InChI is InChI=1S/C20H19NOS/c1-13-6-5-9-16-17(13)20(12-22-16)10-11-23-19-18(20)14-7-3-4-8-15(14)21(19)2/h3-9H,10-12H2,1-2H3. The summed E-state index contributed by atoms with van der Waals surface area (Å²) in [4.78, 5) is 0. The Morgan fingerprint density at radius 2 is 1.96 bits per heavy atom.